The molecule has 0 aliphatic heterocycles. The van der Waals surface area contributed by atoms with E-state index >= 15 is 0 Å². The second-order valence-corrected chi connectivity index (χ2v) is 4.36. The standard InChI is InChI=1S/C14H22N2O2/c1-3-7-16-13(9-14(15)17)12-6-4-5-11(8-12)10-18-2/h4-6,8,13,16H,3,7,9-10H2,1-2H3,(H2,15,17). The SMILES string of the molecule is CCCNC(CC(N)=O)c1cccc(COC)c1. The summed E-state index contributed by atoms with van der Waals surface area (Å²) < 4.78 is 5.11. The van der Waals surface area contributed by atoms with Crippen molar-refractivity contribution in [1.29, 1.82) is 0 Å². The molecule has 1 atom stereocenters. The van der Waals surface area contributed by atoms with Gasteiger partial charge in [-0.05, 0) is 24.1 Å². The molecule has 0 fully saturated rings. The lowest BCUT2D eigenvalue weighted by molar-refractivity contribution is -0.118. The molecule has 1 rings (SSSR count). The van der Waals surface area contributed by atoms with E-state index in [1.807, 2.05) is 18.2 Å². The van der Waals surface area contributed by atoms with E-state index in [-0.39, 0.29) is 11.9 Å². The molecule has 0 saturated carbocycles. The molecule has 1 unspecified atom stereocenters. The van der Waals surface area contributed by atoms with Crippen molar-refractivity contribution in [2.45, 2.75) is 32.4 Å². The van der Waals surface area contributed by atoms with Gasteiger partial charge in [0, 0.05) is 19.6 Å². The third-order valence-electron chi connectivity index (χ3n) is 2.71. The average Bonchev–Trinajstić information content (AvgIpc) is 2.35. The molecule has 4 nitrogen and oxygen atoms in total. The van der Waals surface area contributed by atoms with E-state index in [0.717, 1.165) is 24.1 Å². The van der Waals surface area contributed by atoms with E-state index in [4.69, 9.17) is 10.5 Å². The van der Waals surface area contributed by atoms with E-state index in [9.17, 15) is 4.79 Å². The van der Waals surface area contributed by atoms with E-state index in [0.29, 0.717) is 13.0 Å². The van der Waals surface area contributed by atoms with Crippen LogP contribution in [0.15, 0.2) is 24.3 Å². The van der Waals surface area contributed by atoms with Crippen molar-refractivity contribution in [3.63, 3.8) is 0 Å². The molecule has 3 N–H and O–H groups in total. The van der Waals surface area contributed by atoms with Crippen molar-refractivity contribution in [3.05, 3.63) is 35.4 Å². The first-order valence-electron chi connectivity index (χ1n) is 6.26. The number of hydrogen-bond donors (Lipinski definition) is 2. The first-order valence-corrected chi connectivity index (χ1v) is 6.26. The summed E-state index contributed by atoms with van der Waals surface area (Å²) in [6, 6.07) is 8.04. The number of methoxy groups -OCH3 is 1. The summed E-state index contributed by atoms with van der Waals surface area (Å²) in [6.45, 7) is 3.53. The van der Waals surface area contributed by atoms with Gasteiger partial charge in [-0.2, -0.15) is 0 Å². The Bertz CT molecular complexity index is 380. The molecule has 1 amide bonds. The van der Waals surface area contributed by atoms with Crippen LogP contribution in [0.5, 0.6) is 0 Å². The Hall–Kier alpha value is -1.39. The molecule has 0 heterocycles. The van der Waals surface area contributed by atoms with Crippen LogP contribution < -0.4 is 11.1 Å². The Kier molecular flexibility index (Phi) is 6.39. The molecule has 4 heteroatoms. The highest BCUT2D eigenvalue weighted by Gasteiger charge is 2.13. The van der Waals surface area contributed by atoms with E-state index < -0.39 is 0 Å². The lowest BCUT2D eigenvalue weighted by Gasteiger charge is -2.18. The molecule has 0 bridgehead atoms. The number of amides is 1. The van der Waals surface area contributed by atoms with Gasteiger partial charge < -0.3 is 15.8 Å². The fraction of sp³-hybridized carbons (Fsp3) is 0.500. The molecule has 0 aliphatic rings. The first kappa shape index (κ1) is 14.7. The summed E-state index contributed by atoms with van der Waals surface area (Å²) in [5.74, 6) is -0.291. The van der Waals surface area contributed by atoms with Gasteiger partial charge in [0.15, 0.2) is 0 Å². The monoisotopic (exact) mass is 250 g/mol. The van der Waals surface area contributed by atoms with Crippen molar-refractivity contribution in [3.8, 4) is 0 Å². The largest absolute Gasteiger partial charge is 0.380 e. The molecular weight excluding hydrogens is 228 g/mol. The minimum absolute atomic E-state index is 0.0146. The maximum absolute atomic E-state index is 11.1. The zero-order chi connectivity index (χ0) is 13.4. The summed E-state index contributed by atoms with van der Waals surface area (Å²) in [5, 5.41) is 3.34. The van der Waals surface area contributed by atoms with E-state index in [2.05, 4.69) is 18.3 Å². The predicted molar refractivity (Wildman–Crippen MR) is 72.0 cm³/mol. The Morgan fingerprint density at radius 3 is 2.89 bits per heavy atom. The lowest BCUT2D eigenvalue weighted by Crippen LogP contribution is -2.27. The second kappa shape index (κ2) is 7.84. The van der Waals surface area contributed by atoms with Gasteiger partial charge in [-0.3, -0.25) is 4.79 Å². The van der Waals surface area contributed by atoms with Crippen LogP contribution in [0.4, 0.5) is 0 Å². The molecule has 0 saturated heterocycles. The van der Waals surface area contributed by atoms with E-state index in [1.165, 1.54) is 0 Å². The quantitative estimate of drug-likeness (QED) is 0.738. The summed E-state index contributed by atoms with van der Waals surface area (Å²) >= 11 is 0. The van der Waals surface area contributed by atoms with Gasteiger partial charge in [-0.15, -0.1) is 0 Å². The number of carbonyl (C=O) groups is 1. The fourth-order valence-corrected chi connectivity index (χ4v) is 1.89. The number of nitrogens with one attached hydrogen (secondary N) is 1. The van der Waals surface area contributed by atoms with Crippen LogP contribution in [-0.2, 0) is 16.1 Å². The Balaban J connectivity index is 2.81. The Morgan fingerprint density at radius 2 is 2.28 bits per heavy atom. The van der Waals surface area contributed by atoms with Gasteiger partial charge >= 0.3 is 0 Å². The van der Waals surface area contributed by atoms with Crippen LogP contribution in [0, 0.1) is 0 Å². The molecule has 18 heavy (non-hydrogen) atoms. The molecule has 0 spiro atoms. The predicted octanol–water partition coefficient (Wildman–Crippen LogP) is 1.75. The van der Waals surface area contributed by atoms with Gasteiger partial charge in [0.1, 0.15) is 0 Å². The highest BCUT2D eigenvalue weighted by molar-refractivity contribution is 5.74. The van der Waals surface area contributed by atoms with Crippen LogP contribution in [0.25, 0.3) is 0 Å². The number of nitrogens with two attached hydrogens (primary N) is 1. The molecule has 100 valence electrons. The van der Waals surface area contributed by atoms with Gasteiger partial charge in [-0.1, -0.05) is 31.2 Å². The van der Waals surface area contributed by atoms with Crippen molar-refractivity contribution >= 4 is 5.91 Å². The third kappa shape index (κ3) is 4.85. The maximum atomic E-state index is 11.1. The molecule has 0 aliphatic carbocycles. The van der Waals surface area contributed by atoms with Crippen LogP contribution in [0.1, 0.15) is 36.9 Å². The second-order valence-electron chi connectivity index (χ2n) is 4.36. The summed E-state index contributed by atoms with van der Waals surface area (Å²) in [5.41, 5.74) is 7.48. The van der Waals surface area contributed by atoms with Crippen molar-refractivity contribution in [2.75, 3.05) is 13.7 Å². The average molecular weight is 250 g/mol. The molecule has 1 aromatic rings. The van der Waals surface area contributed by atoms with Crippen molar-refractivity contribution in [2.24, 2.45) is 5.73 Å². The van der Waals surface area contributed by atoms with Crippen LogP contribution in [0.3, 0.4) is 0 Å². The molecular formula is C14H22N2O2. The van der Waals surface area contributed by atoms with Gasteiger partial charge in [0.05, 0.1) is 6.61 Å². The first-order chi connectivity index (χ1) is 8.67. The van der Waals surface area contributed by atoms with Crippen LogP contribution in [0.2, 0.25) is 0 Å². The Morgan fingerprint density at radius 1 is 1.50 bits per heavy atom. The zero-order valence-corrected chi connectivity index (χ0v) is 11.1. The number of benzene rings is 1. The highest BCUT2D eigenvalue weighted by atomic mass is 16.5. The fourth-order valence-electron chi connectivity index (χ4n) is 1.89. The molecule has 1 aromatic carbocycles. The topological polar surface area (TPSA) is 64.3 Å². The maximum Gasteiger partial charge on any atom is 0.219 e. The van der Waals surface area contributed by atoms with Gasteiger partial charge in [0.2, 0.25) is 5.91 Å². The molecule has 0 aromatic heterocycles. The number of ether oxygens (including phenoxy) is 1. The molecule has 0 radical (unpaired) electrons. The van der Waals surface area contributed by atoms with Gasteiger partial charge in [-0.25, -0.2) is 0 Å². The number of hydrogen-bond acceptors (Lipinski definition) is 3. The number of rotatable bonds is 8. The summed E-state index contributed by atoms with van der Waals surface area (Å²) in [6.07, 6.45) is 1.34. The Labute approximate surface area is 109 Å². The minimum atomic E-state index is -0.291. The highest BCUT2D eigenvalue weighted by Crippen LogP contribution is 2.18. The smallest absolute Gasteiger partial charge is 0.219 e. The number of carbonyl (C=O) groups excluding carboxylic acids is 1. The zero-order valence-electron chi connectivity index (χ0n) is 11.1. The third-order valence-corrected chi connectivity index (χ3v) is 2.71. The minimum Gasteiger partial charge on any atom is -0.380 e. The normalized spacial score (nSPS) is 12.3. The van der Waals surface area contributed by atoms with Crippen molar-refractivity contribution in [1.82, 2.24) is 5.32 Å². The summed E-state index contributed by atoms with van der Waals surface area (Å²) in [7, 11) is 1.67. The summed E-state index contributed by atoms with van der Waals surface area (Å²) in [4.78, 5) is 11.1. The van der Waals surface area contributed by atoms with Gasteiger partial charge in [0.25, 0.3) is 0 Å². The van der Waals surface area contributed by atoms with Crippen LogP contribution >= 0.6 is 0 Å². The van der Waals surface area contributed by atoms with Crippen LogP contribution in [-0.4, -0.2) is 19.6 Å². The lowest BCUT2D eigenvalue weighted by atomic mass is 10.0. The van der Waals surface area contributed by atoms with Crippen molar-refractivity contribution < 1.29 is 9.53 Å². The number of primary amides is 1. The van der Waals surface area contributed by atoms with E-state index in [1.54, 1.807) is 7.11 Å².